The van der Waals surface area contributed by atoms with E-state index in [9.17, 15) is 19.2 Å². The molecule has 3 saturated carbocycles. The van der Waals surface area contributed by atoms with E-state index < -0.39 is 66.0 Å². The summed E-state index contributed by atoms with van der Waals surface area (Å²) in [5, 5.41) is 5.92. The van der Waals surface area contributed by atoms with Gasteiger partial charge in [0, 0.05) is 19.5 Å². The minimum absolute atomic E-state index is 0.00244. The summed E-state index contributed by atoms with van der Waals surface area (Å²) in [5.74, 6) is -0.331. The van der Waals surface area contributed by atoms with Crippen molar-refractivity contribution in [3.8, 4) is 0 Å². The molecule has 12 nitrogen and oxygen atoms in total. The predicted molar refractivity (Wildman–Crippen MR) is 191 cm³/mol. The molecule has 1 aromatic carbocycles. The van der Waals surface area contributed by atoms with Gasteiger partial charge in [-0.2, -0.15) is 0 Å². The third-order valence-electron chi connectivity index (χ3n) is 12.1. The van der Waals surface area contributed by atoms with Crippen LogP contribution in [0.15, 0.2) is 24.3 Å². The summed E-state index contributed by atoms with van der Waals surface area (Å²) in [5.41, 5.74) is 0.367. The number of nitrogens with one attached hydrogen (secondary N) is 2. The number of carbonyl (C=O) groups excluding carboxylic acids is 4. The molecule has 6 aliphatic rings. The Morgan fingerprint density at radius 1 is 0.980 bits per heavy atom. The van der Waals surface area contributed by atoms with Crippen LogP contribution in [-0.2, 0) is 41.5 Å². The number of hydrogen-bond acceptors (Lipinski definition) is 8. The summed E-state index contributed by atoms with van der Waals surface area (Å²) >= 11 is 0. The van der Waals surface area contributed by atoms with Crippen LogP contribution < -0.4 is 10.6 Å². The summed E-state index contributed by atoms with van der Waals surface area (Å²) in [7, 11) is -0.628. The van der Waals surface area contributed by atoms with Gasteiger partial charge in [0.25, 0.3) is 0 Å². The molecule has 1 aromatic rings. The molecule has 2 saturated heterocycles. The number of rotatable bonds is 7. The van der Waals surface area contributed by atoms with Crippen LogP contribution in [0.1, 0.15) is 106 Å². The van der Waals surface area contributed by atoms with Gasteiger partial charge in [-0.15, -0.1) is 0 Å². The van der Waals surface area contributed by atoms with E-state index in [1.807, 2.05) is 52.0 Å². The van der Waals surface area contributed by atoms with Crippen LogP contribution in [0.4, 0.5) is 9.59 Å². The minimum Gasteiger partial charge on any atom is -0.444 e. The first-order valence-corrected chi connectivity index (χ1v) is 18.7. The van der Waals surface area contributed by atoms with E-state index >= 15 is 0 Å². The lowest BCUT2D eigenvalue weighted by Gasteiger charge is -2.64. The zero-order valence-corrected chi connectivity index (χ0v) is 32.0. The average Bonchev–Trinajstić information content (AvgIpc) is 3.75. The van der Waals surface area contributed by atoms with E-state index in [0.717, 1.165) is 24.0 Å². The highest BCUT2D eigenvalue weighted by Gasteiger charge is 2.68. The van der Waals surface area contributed by atoms with Crippen molar-refractivity contribution >= 4 is 31.1 Å². The summed E-state index contributed by atoms with van der Waals surface area (Å²) in [6, 6.07) is 5.88. The Balaban J connectivity index is 1.19. The summed E-state index contributed by atoms with van der Waals surface area (Å²) < 4.78 is 24.7. The SMILES string of the molecule is CC[C@H](NC(=O)[C@@H]1C[C@@H](OC(=O)N2Cc3ccccc3C2)CN1C(=O)[C@@H](NC(=O)OC(C)(C)C)C(C)(C)C)B1O[C@@H]2C[C@@H]3C[C@@H](C3(C)C)[C@]2(C)O1. The molecule has 7 rings (SSSR count). The molecule has 0 spiro atoms. The molecule has 280 valence electrons. The smallest absolute Gasteiger partial charge is 0.444 e. The van der Waals surface area contributed by atoms with E-state index in [0.29, 0.717) is 31.3 Å². The maximum absolute atomic E-state index is 14.4. The van der Waals surface area contributed by atoms with E-state index in [4.69, 9.17) is 18.8 Å². The standard InChI is InChI=1S/C38H57BN4O8/c1-11-29(39-50-28-17-24-16-27(37(24,8)9)38(28,10)51-39)40-31(44)26-18-25(48-34(47)42-19-22-14-12-13-15-23(22)20-42)21-43(26)32(45)30(35(2,3)4)41-33(46)49-36(5,6)7/h12-15,24-30H,11,16-21H2,1-10H3,(H,40,44)(H,41,46)/t24-,25+,26-,27-,28+,29-,30+,38-/m0/s1. The summed E-state index contributed by atoms with van der Waals surface area (Å²) in [6.45, 7) is 20.4. The van der Waals surface area contributed by atoms with Crippen molar-refractivity contribution in [3.05, 3.63) is 35.4 Å². The maximum atomic E-state index is 14.4. The molecule has 3 aliphatic carbocycles. The second-order valence-corrected chi connectivity index (χ2v) is 18.2. The molecule has 2 N–H and O–H groups in total. The topological polar surface area (TPSA) is 136 Å². The van der Waals surface area contributed by atoms with Gasteiger partial charge >= 0.3 is 19.3 Å². The lowest BCUT2D eigenvalue weighted by atomic mass is 9.43. The number of likely N-dealkylation sites (tertiary alicyclic amines) is 1. The zero-order valence-electron chi connectivity index (χ0n) is 32.0. The number of amides is 4. The molecule has 2 bridgehead atoms. The first-order valence-electron chi connectivity index (χ1n) is 18.7. The highest BCUT2D eigenvalue weighted by atomic mass is 16.7. The molecule has 3 heterocycles. The van der Waals surface area contributed by atoms with Crippen molar-refractivity contribution in [1.29, 1.82) is 0 Å². The second-order valence-electron chi connectivity index (χ2n) is 18.2. The average molecular weight is 709 g/mol. The number of nitrogens with zero attached hydrogens (tertiary/aromatic N) is 2. The molecular formula is C38H57BN4O8. The van der Waals surface area contributed by atoms with Crippen LogP contribution in [0.3, 0.4) is 0 Å². The summed E-state index contributed by atoms with van der Waals surface area (Å²) in [6.07, 6.45) is 0.698. The van der Waals surface area contributed by atoms with Crippen LogP contribution in [0.2, 0.25) is 0 Å². The quantitative estimate of drug-likeness (QED) is 0.369. The first-order chi connectivity index (χ1) is 23.7. The number of alkyl carbamates (subject to hydrolysis) is 1. The molecule has 13 heteroatoms. The third kappa shape index (κ3) is 7.21. The van der Waals surface area contributed by atoms with E-state index in [1.54, 1.807) is 25.7 Å². The fourth-order valence-electron chi connectivity index (χ4n) is 9.01. The van der Waals surface area contributed by atoms with Crippen molar-refractivity contribution in [2.45, 2.75) is 149 Å². The number of hydrogen-bond donors (Lipinski definition) is 2. The van der Waals surface area contributed by atoms with Crippen molar-refractivity contribution in [3.63, 3.8) is 0 Å². The Labute approximate surface area is 303 Å². The Morgan fingerprint density at radius 3 is 2.20 bits per heavy atom. The summed E-state index contributed by atoms with van der Waals surface area (Å²) in [4.78, 5) is 58.2. The van der Waals surface area contributed by atoms with Gasteiger partial charge in [-0.05, 0) is 80.8 Å². The van der Waals surface area contributed by atoms with Crippen molar-refractivity contribution in [2.24, 2.45) is 22.7 Å². The van der Waals surface area contributed by atoms with Gasteiger partial charge in [-0.1, -0.05) is 65.8 Å². The van der Waals surface area contributed by atoms with Gasteiger partial charge in [0.1, 0.15) is 23.8 Å². The molecule has 5 fully saturated rings. The normalized spacial score (nSPS) is 30.5. The van der Waals surface area contributed by atoms with Crippen LogP contribution in [0.25, 0.3) is 0 Å². The first kappa shape index (κ1) is 37.4. The van der Waals surface area contributed by atoms with Gasteiger partial charge in [0.05, 0.1) is 24.2 Å². The Hall–Kier alpha value is -3.32. The lowest BCUT2D eigenvalue weighted by Crippen LogP contribution is -2.65. The number of fused-ring (bicyclic) bond motifs is 1. The van der Waals surface area contributed by atoms with E-state index in [1.165, 1.54) is 4.90 Å². The van der Waals surface area contributed by atoms with Gasteiger partial charge in [0.15, 0.2) is 0 Å². The van der Waals surface area contributed by atoms with Crippen molar-refractivity contribution in [2.75, 3.05) is 6.54 Å². The van der Waals surface area contributed by atoms with Crippen LogP contribution in [0, 0.1) is 22.7 Å². The van der Waals surface area contributed by atoms with E-state index in [-0.39, 0.29) is 30.4 Å². The fraction of sp³-hybridized carbons (Fsp3) is 0.737. The Morgan fingerprint density at radius 2 is 1.63 bits per heavy atom. The predicted octanol–water partition coefficient (Wildman–Crippen LogP) is 5.21. The highest BCUT2D eigenvalue weighted by molar-refractivity contribution is 6.47. The largest absolute Gasteiger partial charge is 0.481 e. The monoisotopic (exact) mass is 708 g/mol. The molecule has 0 aromatic heterocycles. The van der Waals surface area contributed by atoms with Gasteiger partial charge in [-0.25, -0.2) is 9.59 Å². The molecule has 0 radical (unpaired) electrons. The zero-order chi connectivity index (χ0) is 37.3. The minimum atomic E-state index is -1.02. The number of carbonyl (C=O) groups is 4. The third-order valence-corrected chi connectivity index (χ3v) is 12.1. The number of ether oxygens (including phenoxy) is 2. The van der Waals surface area contributed by atoms with E-state index in [2.05, 4.69) is 31.4 Å². The number of benzene rings is 1. The molecule has 4 amide bonds. The molecule has 0 unspecified atom stereocenters. The Kier molecular flexibility index (Phi) is 9.74. The molecule has 3 aliphatic heterocycles. The maximum Gasteiger partial charge on any atom is 0.481 e. The Bertz CT molecular complexity index is 1510. The van der Waals surface area contributed by atoms with Crippen LogP contribution in [0.5, 0.6) is 0 Å². The highest BCUT2D eigenvalue weighted by Crippen LogP contribution is 2.65. The fourth-order valence-corrected chi connectivity index (χ4v) is 9.01. The van der Waals surface area contributed by atoms with Gasteiger partial charge in [0.2, 0.25) is 11.8 Å². The van der Waals surface area contributed by atoms with Crippen LogP contribution in [-0.4, -0.2) is 88.9 Å². The van der Waals surface area contributed by atoms with Crippen molar-refractivity contribution in [1.82, 2.24) is 20.4 Å². The second kappa shape index (κ2) is 13.3. The van der Waals surface area contributed by atoms with Crippen LogP contribution >= 0.6 is 0 Å². The molecule has 8 atom stereocenters. The van der Waals surface area contributed by atoms with Gasteiger partial charge < -0.3 is 34.3 Å². The molecular weight excluding hydrogens is 651 g/mol. The van der Waals surface area contributed by atoms with Crippen molar-refractivity contribution < 1.29 is 38.0 Å². The van der Waals surface area contributed by atoms with Gasteiger partial charge in [-0.3, -0.25) is 14.5 Å². The molecule has 51 heavy (non-hydrogen) atoms. The lowest BCUT2D eigenvalue weighted by molar-refractivity contribution is -0.199.